The molecule has 0 N–H and O–H groups in total. The molecule has 0 nitrogen and oxygen atoms in total. The van der Waals surface area contributed by atoms with Gasteiger partial charge in [-0.3, -0.25) is 0 Å². The van der Waals surface area contributed by atoms with Gasteiger partial charge in [-0.1, -0.05) is 63.5 Å². The lowest BCUT2D eigenvalue weighted by molar-refractivity contribution is 0.294. The highest BCUT2D eigenvalue weighted by molar-refractivity contribution is 5.64. The maximum atomic E-state index is 2.54. The first-order valence-electron chi connectivity index (χ1n) is 9.00. The first kappa shape index (κ1) is 16.3. The molecule has 0 aromatic heterocycles. The summed E-state index contributed by atoms with van der Waals surface area (Å²) in [6.45, 7) is 6.85. The Morgan fingerprint density at radius 3 is 2.24 bits per heavy atom. The summed E-state index contributed by atoms with van der Waals surface area (Å²) in [6.07, 6.45) is 13.4. The average Bonchev–Trinajstić information content (AvgIpc) is 2.50. The molecule has 0 radical (unpaired) electrons. The molecule has 1 aliphatic carbocycles. The second-order valence-corrected chi connectivity index (χ2v) is 6.87. The van der Waals surface area contributed by atoms with Crippen LogP contribution < -0.4 is 0 Å². The Kier molecular flexibility index (Phi) is 6.54. The molecule has 0 atom stereocenters. The van der Waals surface area contributed by atoms with Crippen molar-refractivity contribution in [1.82, 2.24) is 0 Å². The van der Waals surface area contributed by atoms with Crippen molar-refractivity contribution in [1.29, 1.82) is 0 Å². The second kappa shape index (κ2) is 8.41. The van der Waals surface area contributed by atoms with E-state index in [1.54, 1.807) is 0 Å². The van der Waals surface area contributed by atoms with Crippen LogP contribution in [0.2, 0.25) is 0 Å². The molecule has 0 unspecified atom stereocenters. The van der Waals surface area contributed by atoms with Crippen LogP contribution in [0, 0.1) is 11.8 Å². The maximum Gasteiger partial charge on any atom is -0.0227 e. The van der Waals surface area contributed by atoms with Crippen molar-refractivity contribution in [3.05, 3.63) is 41.5 Å². The fourth-order valence-electron chi connectivity index (χ4n) is 3.72. The van der Waals surface area contributed by atoms with E-state index < -0.39 is 0 Å². The highest BCUT2D eigenvalue weighted by Gasteiger charge is 2.19. The van der Waals surface area contributed by atoms with Gasteiger partial charge in [-0.15, -0.1) is 0 Å². The molecule has 116 valence electrons. The van der Waals surface area contributed by atoms with Gasteiger partial charge in [0.2, 0.25) is 0 Å². The molecular weight excluding hydrogens is 252 g/mol. The number of allylic oxidation sites excluding steroid dienone is 2. The van der Waals surface area contributed by atoms with Crippen LogP contribution in [0.15, 0.2) is 30.3 Å². The van der Waals surface area contributed by atoms with Gasteiger partial charge in [0.1, 0.15) is 0 Å². The summed E-state index contributed by atoms with van der Waals surface area (Å²) in [6, 6.07) is 9.21. The summed E-state index contributed by atoms with van der Waals surface area (Å²) in [5.74, 6) is 1.82. The van der Waals surface area contributed by atoms with Crippen LogP contribution in [0.1, 0.15) is 76.8 Å². The lowest BCUT2D eigenvalue weighted by Crippen LogP contribution is -2.13. The van der Waals surface area contributed by atoms with Gasteiger partial charge in [-0.25, -0.2) is 0 Å². The molecule has 1 fully saturated rings. The number of benzene rings is 1. The predicted molar refractivity (Wildman–Crippen MR) is 94.4 cm³/mol. The van der Waals surface area contributed by atoms with E-state index in [9.17, 15) is 0 Å². The Balaban J connectivity index is 1.91. The zero-order chi connectivity index (χ0) is 15.1. The van der Waals surface area contributed by atoms with E-state index in [1.807, 2.05) is 0 Å². The topological polar surface area (TPSA) is 0 Å². The van der Waals surface area contributed by atoms with Crippen LogP contribution in [-0.2, 0) is 6.42 Å². The Morgan fingerprint density at radius 2 is 1.67 bits per heavy atom. The lowest BCUT2D eigenvalue weighted by Gasteiger charge is -2.27. The third-order valence-corrected chi connectivity index (χ3v) is 5.02. The first-order valence-corrected chi connectivity index (χ1v) is 9.00. The van der Waals surface area contributed by atoms with E-state index in [4.69, 9.17) is 0 Å². The number of hydrogen-bond donors (Lipinski definition) is 0. The van der Waals surface area contributed by atoms with Crippen LogP contribution >= 0.6 is 0 Å². The van der Waals surface area contributed by atoms with Gasteiger partial charge >= 0.3 is 0 Å². The monoisotopic (exact) mass is 284 g/mol. The zero-order valence-electron chi connectivity index (χ0n) is 14.2. The van der Waals surface area contributed by atoms with Crippen molar-refractivity contribution in [2.45, 2.75) is 72.1 Å². The van der Waals surface area contributed by atoms with Crippen LogP contribution in [0.25, 0.3) is 5.57 Å². The van der Waals surface area contributed by atoms with Gasteiger partial charge in [0.15, 0.2) is 0 Å². The first-order chi connectivity index (χ1) is 10.2. The third-order valence-electron chi connectivity index (χ3n) is 5.02. The van der Waals surface area contributed by atoms with Crippen molar-refractivity contribution in [2.75, 3.05) is 0 Å². The van der Waals surface area contributed by atoms with Crippen molar-refractivity contribution in [2.24, 2.45) is 11.8 Å². The fourth-order valence-corrected chi connectivity index (χ4v) is 3.72. The summed E-state index contributed by atoms with van der Waals surface area (Å²) in [5.41, 5.74) is 4.34. The predicted octanol–water partition coefficient (Wildman–Crippen LogP) is 6.65. The molecule has 21 heavy (non-hydrogen) atoms. The molecule has 0 heterocycles. The van der Waals surface area contributed by atoms with Gasteiger partial charge in [0.25, 0.3) is 0 Å². The summed E-state index contributed by atoms with van der Waals surface area (Å²) in [4.78, 5) is 0. The highest BCUT2D eigenvalue weighted by atomic mass is 14.2. The molecule has 0 bridgehead atoms. The molecular formula is C21H32. The van der Waals surface area contributed by atoms with Crippen molar-refractivity contribution >= 4 is 5.57 Å². The minimum Gasteiger partial charge on any atom is -0.0779 e. The van der Waals surface area contributed by atoms with Crippen molar-refractivity contribution < 1.29 is 0 Å². The Labute approximate surface area is 131 Å². The number of hydrogen-bond acceptors (Lipinski definition) is 0. The van der Waals surface area contributed by atoms with Gasteiger partial charge in [0.05, 0.1) is 0 Å². The largest absolute Gasteiger partial charge is 0.0779 e. The van der Waals surface area contributed by atoms with Crippen molar-refractivity contribution in [3.8, 4) is 0 Å². The molecule has 2 rings (SSSR count). The van der Waals surface area contributed by atoms with Gasteiger partial charge in [0, 0.05) is 0 Å². The van der Waals surface area contributed by atoms with E-state index in [2.05, 4.69) is 51.1 Å². The molecule has 1 aromatic rings. The van der Waals surface area contributed by atoms with Crippen LogP contribution in [0.5, 0.6) is 0 Å². The minimum absolute atomic E-state index is 0.813. The molecule has 0 saturated heterocycles. The smallest absolute Gasteiger partial charge is 0.0227 e. The molecule has 0 aliphatic heterocycles. The maximum absolute atomic E-state index is 2.54. The third kappa shape index (κ3) is 5.02. The normalized spacial score (nSPS) is 23.3. The zero-order valence-corrected chi connectivity index (χ0v) is 14.2. The Morgan fingerprint density at radius 1 is 1.00 bits per heavy atom. The van der Waals surface area contributed by atoms with Crippen LogP contribution in [-0.4, -0.2) is 0 Å². The van der Waals surface area contributed by atoms with E-state index in [1.165, 1.54) is 68.1 Å². The minimum atomic E-state index is 0.813. The van der Waals surface area contributed by atoms with Gasteiger partial charge in [-0.05, 0) is 67.6 Å². The van der Waals surface area contributed by atoms with E-state index in [0.717, 1.165) is 11.8 Å². The van der Waals surface area contributed by atoms with E-state index in [0.29, 0.717) is 0 Å². The summed E-state index contributed by atoms with van der Waals surface area (Å²) >= 11 is 0. The van der Waals surface area contributed by atoms with Gasteiger partial charge < -0.3 is 0 Å². The highest BCUT2D eigenvalue weighted by Crippen LogP contribution is 2.33. The van der Waals surface area contributed by atoms with E-state index >= 15 is 0 Å². The molecule has 0 spiro atoms. The standard InChI is InChI=1S/C21H32/c1-4-6-18-8-10-20(11-9-18)16-17(3)21-14-12-19(7-5-2)13-15-21/h12-16,18,20H,4-11H2,1-3H3. The molecule has 1 saturated carbocycles. The summed E-state index contributed by atoms with van der Waals surface area (Å²) in [5, 5.41) is 0. The second-order valence-electron chi connectivity index (χ2n) is 6.87. The Bertz CT molecular complexity index is 430. The Hall–Kier alpha value is -1.04. The van der Waals surface area contributed by atoms with Crippen molar-refractivity contribution in [3.63, 3.8) is 0 Å². The van der Waals surface area contributed by atoms with Crippen LogP contribution in [0.4, 0.5) is 0 Å². The van der Waals surface area contributed by atoms with E-state index in [-0.39, 0.29) is 0 Å². The number of aryl methyl sites for hydroxylation is 1. The fraction of sp³-hybridized carbons (Fsp3) is 0.619. The molecule has 1 aromatic carbocycles. The SMILES string of the molecule is CCCc1ccc(C(C)=CC2CCC(CCC)CC2)cc1. The summed E-state index contributed by atoms with van der Waals surface area (Å²) in [7, 11) is 0. The molecule has 0 heteroatoms. The van der Waals surface area contributed by atoms with Crippen LogP contribution in [0.3, 0.4) is 0 Å². The quantitative estimate of drug-likeness (QED) is 0.548. The lowest BCUT2D eigenvalue weighted by atomic mass is 9.79. The molecule has 0 amide bonds. The molecule has 1 aliphatic rings. The summed E-state index contributed by atoms with van der Waals surface area (Å²) < 4.78 is 0. The average molecular weight is 284 g/mol. The number of rotatable bonds is 6. The van der Waals surface area contributed by atoms with Gasteiger partial charge in [-0.2, -0.15) is 0 Å².